The van der Waals surface area contributed by atoms with Gasteiger partial charge in [0.25, 0.3) is 0 Å². The Labute approximate surface area is 117 Å². The summed E-state index contributed by atoms with van der Waals surface area (Å²) in [5.41, 5.74) is 3.45. The Bertz CT molecular complexity index is 757. The topological polar surface area (TPSA) is 53.6 Å². The highest BCUT2D eigenvalue weighted by molar-refractivity contribution is 5.90. The van der Waals surface area contributed by atoms with Crippen LogP contribution in [0.1, 0.15) is 24.0 Å². The molecule has 0 amide bonds. The summed E-state index contributed by atoms with van der Waals surface area (Å²) in [5, 5.41) is 4.74. The monoisotopic (exact) mass is 264 g/mol. The molecule has 0 unspecified atom stereocenters. The first-order chi connectivity index (χ1) is 9.78. The molecule has 2 heterocycles. The minimum absolute atomic E-state index is 0.0479. The first-order valence-corrected chi connectivity index (χ1v) is 6.91. The van der Waals surface area contributed by atoms with Crippen molar-refractivity contribution in [3.05, 3.63) is 54.0 Å². The van der Waals surface area contributed by atoms with Gasteiger partial charge in [0.15, 0.2) is 0 Å². The van der Waals surface area contributed by atoms with Crippen LogP contribution in [0.25, 0.3) is 11.0 Å². The fraction of sp³-hybridized carbons (Fsp3) is 0.250. The second kappa shape index (κ2) is 4.07. The molecule has 2 N–H and O–H groups in total. The maximum Gasteiger partial charge on any atom is 0.143 e. The van der Waals surface area contributed by atoms with Gasteiger partial charge in [0, 0.05) is 6.20 Å². The van der Waals surface area contributed by atoms with Crippen molar-refractivity contribution in [3.63, 3.8) is 0 Å². The number of nitrogens with one attached hydrogen (secondary N) is 2. The summed E-state index contributed by atoms with van der Waals surface area (Å²) in [6, 6.07) is 10.6. The number of hydrogen-bond acceptors (Lipinski definition) is 3. The number of benzene rings is 1. The van der Waals surface area contributed by atoms with Crippen LogP contribution in [0.4, 0.5) is 5.82 Å². The molecular weight excluding hydrogens is 248 g/mol. The zero-order valence-electron chi connectivity index (χ0n) is 11.4. The van der Waals surface area contributed by atoms with E-state index in [9.17, 15) is 0 Å². The summed E-state index contributed by atoms with van der Waals surface area (Å²) >= 11 is 0. The van der Waals surface area contributed by atoms with E-state index in [2.05, 4.69) is 57.5 Å². The smallest absolute Gasteiger partial charge is 0.143 e. The molecular formula is C16H16N4. The van der Waals surface area contributed by atoms with E-state index in [0.29, 0.717) is 0 Å². The van der Waals surface area contributed by atoms with E-state index < -0.39 is 0 Å². The number of nitrogens with zero attached hydrogens (tertiary/aromatic N) is 2. The van der Waals surface area contributed by atoms with Crippen LogP contribution in [-0.2, 0) is 5.54 Å². The molecule has 4 rings (SSSR count). The van der Waals surface area contributed by atoms with Crippen molar-refractivity contribution >= 4 is 16.9 Å². The molecule has 4 heteroatoms. The first kappa shape index (κ1) is 11.5. The Balaban J connectivity index is 1.77. The quantitative estimate of drug-likeness (QED) is 0.762. The Hall–Kier alpha value is -2.36. The third-order valence-electron chi connectivity index (χ3n) is 4.10. The summed E-state index contributed by atoms with van der Waals surface area (Å²) in [7, 11) is 0. The van der Waals surface area contributed by atoms with Gasteiger partial charge in [-0.2, -0.15) is 0 Å². The number of aromatic amines is 1. The fourth-order valence-corrected chi connectivity index (χ4v) is 2.81. The molecule has 1 fully saturated rings. The number of hydrogen-bond donors (Lipinski definition) is 2. The molecule has 2 aromatic heterocycles. The van der Waals surface area contributed by atoms with Gasteiger partial charge in [0.05, 0.1) is 10.9 Å². The predicted octanol–water partition coefficient (Wildman–Crippen LogP) is 3.37. The molecule has 3 aromatic rings. The fourth-order valence-electron chi connectivity index (χ4n) is 2.81. The Morgan fingerprint density at radius 1 is 1.15 bits per heavy atom. The normalized spacial score (nSPS) is 16.2. The molecule has 1 aliphatic rings. The van der Waals surface area contributed by atoms with E-state index in [1.807, 2.05) is 6.20 Å². The summed E-state index contributed by atoms with van der Waals surface area (Å²) in [6.07, 6.45) is 5.88. The highest BCUT2D eigenvalue weighted by Crippen LogP contribution is 2.48. The van der Waals surface area contributed by atoms with E-state index in [-0.39, 0.29) is 5.54 Å². The number of aromatic nitrogens is 3. The van der Waals surface area contributed by atoms with Crippen molar-refractivity contribution < 1.29 is 0 Å². The third kappa shape index (κ3) is 1.68. The van der Waals surface area contributed by atoms with E-state index >= 15 is 0 Å². The van der Waals surface area contributed by atoms with Crippen molar-refractivity contribution in [2.45, 2.75) is 25.3 Å². The van der Waals surface area contributed by atoms with Gasteiger partial charge in [-0.15, -0.1) is 0 Å². The average molecular weight is 264 g/mol. The molecule has 1 saturated carbocycles. The standard InChI is InChI=1S/C16H16N4/c1-11-9-17-14-13(11)15(19-10-18-14)20-16(7-8-16)12-5-3-2-4-6-12/h2-6,9-10H,7-8H2,1H3,(H2,17,18,19,20). The number of H-pyrrole nitrogens is 1. The lowest BCUT2D eigenvalue weighted by atomic mass is 10.0. The Morgan fingerprint density at radius 3 is 2.70 bits per heavy atom. The molecule has 0 radical (unpaired) electrons. The summed E-state index contributed by atoms with van der Waals surface area (Å²) in [6.45, 7) is 2.08. The average Bonchev–Trinajstić information content (AvgIpc) is 3.17. The van der Waals surface area contributed by atoms with Crippen molar-refractivity contribution in [1.29, 1.82) is 0 Å². The van der Waals surface area contributed by atoms with Crippen LogP contribution in [0.15, 0.2) is 42.9 Å². The molecule has 0 aliphatic heterocycles. The van der Waals surface area contributed by atoms with Gasteiger partial charge < -0.3 is 10.3 Å². The predicted molar refractivity (Wildman–Crippen MR) is 79.6 cm³/mol. The zero-order valence-corrected chi connectivity index (χ0v) is 11.4. The van der Waals surface area contributed by atoms with Crippen LogP contribution in [0.3, 0.4) is 0 Å². The number of anilines is 1. The minimum atomic E-state index is 0.0479. The van der Waals surface area contributed by atoms with E-state index in [1.54, 1.807) is 6.33 Å². The maximum atomic E-state index is 4.45. The van der Waals surface area contributed by atoms with Gasteiger partial charge in [0.2, 0.25) is 0 Å². The number of aryl methyl sites for hydroxylation is 1. The minimum Gasteiger partial charge on any atom is -0.360 e. The molecule has 0 atom stereocenters. The third-order valence-corrected chi connectivity index (χ3v) is 4.10. The van der Waals surface area contributed by atoms with Gasteiger partial charge in [0.1, 0.15) is 17.8 Å². The van der Waals surface area contributed by atoms with Crippen LogP contribution in [0.2, 0.25) is 0 Å². The van der Waals surface area contributed by atoms with E-state index in [0.717, 1.165) is 29.7 Å². The second-order valence-corrected chi connectivity index (χ2v) is 5.49. The first-order valence-electron chi connectivity index (χ1n) is 6.91. The molecule has 1 aromatic carbocycles. The van der Waals surface area contributed by atoms with Crippen LogP contribution < -0.4 is 5.32 Å². The molecule has 0 saturated heterocycles. The van der Waals surface area contributed by atoms with Crippen LogP contribution in [-0.4, -0.2) is 15.0 Å². The van der Waals surface area contributed by atoms with Gasteiger partial charge in [-0.1, -0.05) is 30.3 Å². The van der Waals surface area contributed by atoms with Crippen molar-refractivity contribution in [2.75, 3.05) is 5.32 Å². The summed E-state index contributed by atoms with van der Waals surface area (Å²) < 4.78 is 0. The summed E-state index contributed by atoms with van der Waals surface area (Å²) in [4.78, 5) is 11.9. The molecule has 4 nitrogen and oxygen atoms in total. The molecule has 0 bridgehead atoms. The van der Waals surface area contributed by atoms with Crippen molar-refractivity contribution in [2.24, 2.45) is 0 Å². The van der Waals surface area contributed by atoms with Crippen LogP contribution in [0.5, 0.6) is 0 Å². The highest BCUT2D eigenvalue weighted by atomic mass is 15.1. The van der Waals surface area contributed by atoms with Gasteiger partial charge in [-0.05, 0) is 30.9 Å². The Morgan fingerprint density at radius 2 is 1.95 bits per heavy atom. The molecule has 0 spiro atoms. The Kier molecular flexibility index (Phi) is 2.33. The van der Waals surface area contributed by atoms with E-state index in [1.165, 1.54) is 11.1 Å². The molecule has 1 aliphatic carbocycles. The largest absolute Gasteiger partial charge is 0.360 e. The van der Waals surface area contributed by atoms with E-state index in [4.69, 9.17) is 0 Å². The van der Waals surface area contributed by atoms with Crippen molar-refractivity contribution in [1.82, 2.24) is 15.0 Å². The second-order valence-electron chi connectivity index (χ2n) is 5.49. The maximum absolute atomic E-state index is 4.45. The zero-order chi connectivity index (χ0) is 13.6. The van der Waals surface area contributed by atoms with Crippen LogP contribution in [0, 0.1) is 6.92 Å². The lowest BCUT2D eigenvalue weighted by molar-refractivity contribution is 0.801. The number of fused-ring (bicyclic) bond motifs is 1. The van der Waals surface area contributed by atoms with Gasteiger partial charge in [-0.25, -0.2) is 9.97 Å². The highest BCUT2D eigenvalue weighted by Gasteiger charge is 2.44. The number of rotatable bonds is 3. The molecule has 20 heavy (non-hydrogen) atoms. The van der Waals surface area contributed by atoms with Gasteiger partial charge >= 0.3 is 0 Å². The van der Waals surface area contributed by atoms with Crippen LogP contribution >= 0.6 is 0 Å². The lowest BCUT2D eigenvalue weighted by Gasteiger charge is -2.19. The SMILES string of the molecule is Cc1c[nH]c2ncnc(NC3(c4ccccc4)CC3)c12. The van der Waals surface area contributed by atoms with Crippen molar-refractivity contribution in [3.8, 4) is 0 Å². The summed E-state index contributed by atoms with van der Waals surface area (Å²) in [5.74, 6) is 0.926. The lowest BCUT2D eigenvalue weighted by Crippen LogP contribution is -2.19. The molecule has 100 valence electrons. The van der Waals surface area contributed by atoms with Gasteiger partial charge in [-0.3, -0.25) is 0 Å².